The molecular weight excluding hydrogens is 270 g/mol. The Morgan fingerprint density at radius 2 is 1.95 bits per heavy atom. The van der Waals surface area contributed by atoms with Crippen LogP contribution >= 0.6 is 0 Å². The van der Waals surface area contributed by atoms with Gasteiger partial charge in [0.1, 0.15) is 11.3 Å². The molecule has 0 bridgehead atoms. The molecule has 0 atom stereocenters. The average molecular weight is 293 g/mol. The van der Waals surface area contributed by atoms with Gasteiger partial charge in [0.2, 0.25) is 5.91 Å². The second-order valence-corrected chi connectivity index (χ2v) is 4.79. The Balaban J connectivity index is 2.79. The molecule has 0 heterocycles. The third-order valence-electron chi connectivity index (χ3n) is 2.96. The van der Waals surface area contributed by atoms with E-state index in [0.29, 0.717) is 23.6 Å². The molecule has 21 heavy (non-hydrogen) atoms. The van der Waals surface area contributed by atoms with E-state index in [1.807, 2.05) is 0 Å². The van der Waals surface area contributed by atoms with Gasteiger partial charge in [-0.05, 0) is 18.6 Å². The van der Waals surface area contributed by atoms with Gasteiger partial charge in [0.15, 0.2) is 0 Å². The van der Waals surface area contributed by atoms with Crippen LogP contribution in [-0.4, -0.2) is 25.6 Å². The van der Waals surface area contributed by atoms with Crippen molar-refractivity contribution in [3.8, 4) is 5.75 Å². The Labute approximate surface area is 125 Å². The molecule has 0 aliphatic rings. The van der Waals surface area contributed by atoms with Crippen LogP contribution in [0.4, 0.5) is 5.69 Å². The van der Waals surface area contributed by atoms with E-state index in [-0.39, 0.29) is 5.91 Å². The molecule has 5 heteroatoms. The Kier molecular flexibility index (Phi) is 7.29. The molecule has 116 valence electrons. The van der Waals surface area contributed by atoms with E-state index in [0.717, 1.165) is 19.3 Å². The highest BCUT2D eigenvalue weighted by molar-refractivity contribution is 5.94. The van der Waals surface area contributed by atoms with Crippen LogP contribution in [0.2, 0.25) is 0 Å². The normalized spacial score (nSPS) is 10.0. The SMILES string of the molecule is CCCCCCOc1cc(NC(C)=O)ccc1C(=O)OC. The Morgan fingerprint density at radius 3 is 2.57 bits per heavy atom. The van der Waals surface area contributed by atoms with Gasteiger partial charge < -0.3 is 14.8 Å². The first-order valence-corrected chi connectivity index (χ1v) is 7.21. The monoisotopic (exact) mass is 293 g/mol. The summed E-state index contributed by atoms with van der Waals surface area (Å²) in [4.78, 5) is 22.8. The van der Waals surface area contributed by atoms with Gasteiger partial charge in [-0.1, -0.05) is 26.2 Å². The van der Waals surface area contributed by atoms with Crippen molar-refractivity contribution in [3.63, 3.8) is 0 Å². The summed E-state index contributed by atoms with van der Waals surface area (Å²) < 4.78 is 10.4. The highest BCUT2D eigenvalue weighted by Gasteiger charge is 2.14. The molecule has 0 fully saturated rings. The molecule has 1 rings (SSSR count). The standard InChI is InChI=1S/C16H23NO4/c1-4-5-6-7-10-21-15-11-13(17-12(2)18)8-9-14(15)16(19)20-3/h8-9,11H,4-7,10H2,1-3H3,(H,17,18). The number of hydrogen-bond acceptors (Lipinski definition) is 4. The molecule has 0 radical (unpaired) electrons. The van der Waals surface area contributed by atoms with Crippen LogP contribution in [0.1, 0.15) is 49.9 Å². The summed E-state index contributed by atoms with van der Waals surface area (Å²) >= 11 is 0. The molecule has 1 aromatic carbocycles. The second kappa shape index (κ2) is 9.00. The maximum Gasteiger partial charge on any atom is 0.341 e. The van der Waals surface area contributed by atoms with E-state index in [2.05, 4.69) is 12.2 Å². The Bertz CT molecular complexity index is 485. The predicted octanol–water partition coefficient (Wildman–Crippen LogP) is 3.39. The number of carbonyl (C=O) groups is 2. The van der Waals surface area contributed by atoms with Crippen LogP contribution in [0.15, 0.2) is 18.2 Å². The van der Waals surface area contributed by atoms with Gasteiger partial charge in [0, 0.05) is 18.7 Å². The van der Waals surface area contributed by atoms with Gasteiger partial charge in [0.25, 0.3) is 0 Å². The fourth-order valence-corrected chi connectivity index (χ4v) is 1.91. The first-order valence-electron chi connectivity index (χ1n) is 7.21. The van der Waals surface area contributed by atoms with Crippen LogP contribution in [0, 0.1) is 0 Å². The summed E-state index contributed by atoms with van der Waals surface area (Å²) in [7, 11) is 1.33. The number of carbonyl (C=O) groups excluding carboxylic acids is 2. The first kappa shape index (κ1) is 17.0. The molecule has 1 aromatic rings. The van der Waals surface area contributed by atoms with Crippen molar-refractivity contribution in [1.29, 1.82) is 0 Å². The Morgan fingerprint density at radius 1 is 1.19 bits per heavy atom. The molecule has 1 amide bonds. The lowest BCUT2D eigenvalue weighted by molar-refractivity contribution is -0.114. The van der Waals surface area contributed by atoms with Crippen molar-refractivity contribution in [2.24, 2.45) is 0 Å². The number of rotatable bonds is 8. The van der Waals surface area contributed by atoms with Gasteiger partial charge >= 0.3 is 5.97 Å². The van der Waals surface area contributed by atoms with Crippen molar-refractivity contribution in [2.45, 2.75) is 39.5 Å². The maximum atomic E-state index is 11.7. The van der Waals surface area contributed by atoms with Crippen molar-refractivity contribution < 1.29 is 19.1 Å². The van der Waals surface area contributed by atoms with E-state index < -0.39 is 5.97 Å². The third kappa shape index (κ3) is 5.85. The zero-order valence-corrected chi connectivity index (χ0v) is 12.9. The molecule has 0 aliphatic carbocycles. The number of amides is 1. The van der Waals surface area contributed by atoms with E-state index in [1.54, 1.807) is 18.2 Å². The molecule has 0 aliphatic heterocycles. The van der Waals surface area contributed by atoms with Crippen molar-refractivity contribution >= 4 is 17.6 Å². The lowest BCUT2D eigenvalue weighted by Gasteiger charge is -2.12. The number of methoxy groups -OCH3 is 1. The number of esters is 1. The van der Waals surface area contributed by atoms with E-state index >= 15 is 0 Å². The van der Waals surface area contributed by atoms with Gasteiger partial charge in [-0.2, -0.15) is 0 Å². The number of nitrogens with one attached hydrogen (secondary N) is 1. The molecule has 1 N–H and O–H groups in total. The lowest BCUT2D eigenvalue weighted by atomic mass is 10.1. The molecule has 0 spiro atoms. The van der Waals surface area contributed by atoms with Crippen LogP contribution in [0.25, 0.3) is 0 Å². The molecule has 0 saturated heterocycles. The minimum atomic E-state index is -0.451. The largest absolute Gasteiger partial charge is 0.493 e. The molecule has 0 unspecified atom stereocenters. The summed E-state index contributed by atoms with van der Waals surface area (Å²) in [6.45, 7) is 4.11. The average Bonchev–Trinajstić information content (AvgIpc) is 2.46. The molecule has 0 saturated carbocycles. The summed E-state index contributed by atoms with van der Waals surface area (Å²) in [6.07, 6.45) is 4.35. The number of benzene rings is 1. The number of hydrogen-bond donors (Lipinski definition) is 1. The smallest absolute Gasteiger partial charge is 0.341 e. The second-order valence-electron chi connectivity index (χ2n) is 4.79. The third-order valence-corrected chi connectivity index (χ3v) is 2.96. The fourth-order valence-electron chi connectivity index (χ4n) is 1.91. The zero-order chi connectivity index (χ0) is 15.7. The van der Waals surface area contributed by atoms with Crippen molar-refractivity contribution in [1.82, 2.24) is 0 Å². The summed E-state index contributed by atoms with van der Waals surface area (Å²) in [6, 6.07) is 4.89. The molecule has 0 aromatic heterocycles. The minimum absolute atomic E-state index is 0.172. The highest BCUT2D eigenvalue weighted by Crippen LogP contribution is 2.24. The van der Waals surface area contributed by atoms with Crippen LogP contribution in [0.3, 0.4) is 0 Å². The fraction of sp³-hybridized carbons (Fsp3) is 0.500. The topological polar surface area (TPSA) is 64.6 Å². The van der Waals surface area contributed by atoms with Crippen LogP contribution in [0.5, 0.6) is 5.75 Å². The molecule has 5 nitrogen and oxygen atoms in total. The van der Waals surface area contributed by atoms with E-state index in [4.69, 9.17) is 9.47 Å². The number of unbranched alkanes of at least 4 members (excludes halogenated alkanes) is 3. The minimum Gasteiger partial charge on any atom is -0.493 e. The van der Waals surface area contributed by atoms with E-state index in [9.17, 15) is 9.59 Å². The van der Waals surface area contributed by atoms with Gasteiger partial charge in [-0.15, -0.1) is 0 Å². The lowest BCUT2D eigenvalue weighted by Crippen LogP contribution is -2.10. The van der Waals surface area contributed by atoms with Crippen molar-refractivity contribution in [2.75, 3.05) is 19.0 Å². The summed E-state index contributed by atoms with van der Waals surface area (Å²) in [5.74, 6) is -0.188. The Hall–Kier alpha value is -2.04. The maximum absolute atomic E-state index is 11.7. The molecular formula is C16H23NO4. The number of anilines is 1. The van der Waals surface area contributed by atoms with Gasteiger partial charge in [-0.3, -0.25) is 4.79 Å². The number of ether oxygens (including phenoxy) is 2. The summed E-state index contributed by atoms with van der Waals surface area (Å²) in [5, 5.41) is 2.67. The van der Waals surface area contributed by atoms with Crippen molar-refractivity contribution in [3.05, 3.63) is 23.8 Å². The summed E-state index contributed by atoms with van der Waals surface area (Å²) in [5.41, 5.74) is 0.959. The first-order chi connectivity index (χ1) is 10.1. The highest BCUT2D eigenvalue weighted by atomic mass is 16.5. The van der Waals surface area contributed by atoms with Crippen LogP contribution in [-0.2, 0) is 9.53 Å². The predicted molar refractivity (Wildman–Crippen MR) is 81.7 cm³/mol. The quantitative estimate of drug-likeness (QED) is 0.589. The van der Waals surface area contributed by atoms with Gasteiger partial charge in [-0.25, -0.2) is 4.79 Å². The zero-order valence-electron chi connectivity index (χ0n) is 12.9. The van der Waals surface area contributed by atoms with Crippen LogP contribution < -0.4 is 10.1 Å². The van der Waals surface area contributed by atoms with E-state index in [1.165, 1.54) is 20.5 Å². The van der Waals surface area contributed by atoms with Gasteiger partial charge in [0.05, 0.1) is 13.7 Å².